The molecule has 6 heteroatoms. The van der Waals surface area contributed by atoms with E-state index in [1.54, 1.807) is 6.07 Å². The van der Waals surface area contributed by atoms with Crippen molar-refractivity contribution in [2.24, 2.45) is 0 Å². The lowest BCUT2D eigenvalue weighted by molar-refractivity contribution is 0.311. The average Bonchev–Trinajstić information content (AvgIpc) is 2.25. The van der Waals surface area contributed by atoms with Gasteiger partial charge in [-0.05, 0) is 12.1 Å². The van der Waals surface area contributed by atoms with Crippen molar-refractivity contribution in [2.75, 3.05) is 6.26 Å². The number of pyridine rings is 1. The van der Waals surface area contributed by atoms with Crippen molar-refractivity contribution in [3.63, 3.8) is 0 Å². The van der Waals surface area contributed by atoms with Crippen LogP contribution in [-0.2, 0) is 20.9 Å². The van der Waals surface area contributed by atoms with Crippen molar-refractivity contribution < 1.29 is 12.6 Å². The molecule has 1 heterocycles. The molecule has 1 aromatic heterocycles. The van der Waals surface area contributed by atoms with Gasteiger partial charge >= 0.3 is 0 Å². The van der Waals surface area contributed by atoms with Gasteiger partial charge in [0.05, 0.1) is 18.4 Å². The SMILES string of the molecule is CS(=O)(=O)OCc1cc2ccccc2nc1Cl. The maximum atomic E-state index is 10.9. The molecule has 2 aromatic rings. The summed E-state index contributed by atoms with van der Waals surface area (Å²) in [6.45, 7) is -0.102. The van der Waals surface area contributed by atoms with Crippen LogP contribution >= 0.6 is 11.6 Å². The fourth-order valence-electron chi connectivity index (χ4n) is 1.41. The van der Waals surface area contributed by atoms with Crippen molar-refractivity contribution in [3.05, 3.63) is 41.0 Å². The van der Waals surface area contributed by atoms with E-state index in [-0.39, 0.29) is 11.8 Å². The number of fused-ring (bicyclic) bond motifs is 1. The number of halogens is 1. The second-order valence-corrected chi connectivity index (χ2v) is 5.60. The third-order valence-corrected chi connectivity index (χ3v) is 3.05. The van der Waals surface area contributed by atoms with E-state index in [2.05, 4.69) is 4.98 Å². The van der Waals surface area contributed by atoms with Crippen LogP contribution in [0.5, 0.6) is 0 Å². The Balaban J connectivity index is 2.37. The first-order valence-electron chi connectivity index (χ1n) is 4.84. The lowest BCUT2D eigenvalue weighted by Crippen LogP contribution is -2.03. The van der Waals surface area contributed by atoms with E-state index in [4.69, 9.17) is 15.8 Å². The van der Waals surface area contributed by atoms with Crippen LogP contribution in [0.4, 0.5) is 0 Å². The van der Waals surface area contributed by atoms with Gasteiger partial charge in [-0.1, -0.05) is 29.8 Å². The number of nitrogens with zero attached hydrogens (tertiary/aromatic N) is 1. The highest BCUT2D eigenvalue weighted by Gasteiger charge is 2.08. The Morgan fingerprint density at radius 2 is 2.06 bits per heavy atom. The number of hydrogen-bond acceptors (Lipinski definition) is 4. The summed E-state index contributed by atoms with van der Waals surface area (Å²) in [4.78, 5) is 4.17. The van der Waals surface area contributed by atoms with Crippen molar-refractivity contribution >= 4 is 32.6 Å². The van der Waals surface area contributed by atoms with Crippen LogP contribution in [0.1, 0.15) is 5.56 Å². The third-order valence-electron chi connectivity index (χ3n) is 2.18. The van der Waals surface area contributed by atoms with Crippen LogP contribution in [-0.4, -0.2) is 19.7 Å². The normalized spacial score (nSPS) is 11.9. The number of para-hydroxylation sites is 1. The minimum atomic E-state index is -3.48. The van der Waals surface area contributed by atoms with E-state index < -0.39 is 10.1 Å². The first-order chi connectivity index (χ1) is 7.96. The van der Waals surface area contributed by atoms with Gasteiger partial charge in [-0.15, -0.1) is 0 Å². The molecule has 0 unspecified atom stereocenters. The Labute approximate surface area is 104 Å². The van der Waals surface area contributed by atoms with Crippen molar-refractivity contribution in [3.8, 4) is 0 Å². The van der Waals surface area contributed by atoms with Crippen LogP contribution in [0.25, 0.3) is 10.9 Å². The van der Waals surface area contributed by atoms with Crippen LogP contribution < -0.4 is 0 Å². The van der Waals surface area contributed by atoms with Crippen molar-refractivity contribution in [1.29, 1.82) is 0 Å². The highest BCUT2D eigenvalue weighted by Crippen LogP contribution is 2.21. The van der Waals surface area contributed by atoms with Gasteiger partial charge in [-0.2, -0.15) is 8.42 Å². The van der Waals surface area contributed by atoms with Crippen molar-refractivity contribution in [1.82, 2.24) is 4.98 Å². The molecule has 0 radical (unpaired) electrons. The maximum Gasteiger partial charge on any atom is 0.264 e. The van der Waals surface area contributed by atoms with E-state index in [0.29, 0.717) is 5.56 Å². The summed E-state index contributed by atoms with van der Waals surface area (Å²) in [7, 11) is -3.48. The maximum absolute atomic E-state index is 10.9. The molecular weight excluding hydrogens is 262 g/mol. The van der Waals surface area contributed by atoms with Crippen LogP contribution in [0.15, 0.2) is 30.3 Å². The molecule has 1 aromatic carbocycles. The second-order valence-electron chi connectivity index (χ2n) is 3.60. The molecule has 0 aliphatic carbocycles. The first-order valence-corrected chi connectivity index (χ1v) is 7.04. The molecule has 2 rings (SSSR count). The second kappa shape index (κ2) is 4.60. The Morgan fingerprint density at radius 1 is 1.35 bits per heavy atom. The van der Waals surface area contributed by atoms with Gasteiger partial charge in [0.1, 0.15) is 5.15 Å². The monoisotopic (exact) mass is 271 g/mol. The predicted molar refractivity (Wildman–Crippen MR) is 66.4 cm³/mol. The summed E-state index contributed by atoms with van der Waals surface area (Å²) >= 11 is 5.95. The van der Waals surface area contributed by atoms with Gasteiger partial charge in [0.2, 0.25) is 0 Å². The van der Waals surface area contributed by atoms with Crippen LogP contribution in [0.2, 0.25) is 5.15 Å². The Morgan fingerprint density at radius 3 is 2.76 bits per heavy atom. The molecule has 0 spiro atoms. The molecule has 0 aliphatic rings. The highest BCUT2D eigenvalue weighted by atomic mass is 35.5. The van der Waals surface area contributed by atoms with Gasteiger partial charge < -0.3 is 0 Å². The molecule has 0 bridgehead atoms. The van der Waals surface area contributed by atoms with Gasteiger partial charge in [0.25, 0.3) is 10.1 Å². The van der Waals surface area contributed by atoms with Gasteiger partial charge in [-0.25, -0.2) is 4.98 Å². The predicted octanol–water partition coefficient (Wildman–Crippen LogP) is 2.36. The minimum absolute atomic E-state index is 0.102. The Hall–Kier alpha value is -1.17. The summed E-state index contributed by atoms with van der Waals surface area (Å²) in [5.74, 6) is 0. The molecule has 0 fully saturated rings. The molecule has 17 heavy (non-hydrogen) atoms. The molecule has 0 saturated carbocycles. The van der Waals surface area contributed by atoms with Gasteiger partial charge in [-0.3, -0.25) is 4.18 Å². The quantitative estimate of drug-likeness (QED) is 0.635. The summed E-state index contributed by atoms with van der Waals surface area (Å²) in [5.41, 5.74) is 1.32. The molecule has 0 N–H and O–H groups in total. The number of aromatic nitrogens is 1. The molecule has 4 nitrogen and oxygen atoms in total. The van der Waals surface area contributed by atoms with E-state index >= 15 is 0 Å². The van der Waals surface area contributed by atoms with Crippen molar-refractivity contribution in [2.45, 2.75) is 6.61 Å². The lowest BCUT2D eigenvalue weighted by Gasteiger charge is -2.05. The topological polar surface area (TPSA) is 56.3 Å². The van der Waals surface area contributed by atoms with E-state index in [1.807, 2.05) is 24.3 Å². The van der Waals surface area contributed by atoms with Crippen LogP contribution in [0, 0.1) is 0 Å². The molecule has 90 valence electrons. The fraction of sp³-hybridized carbons (Fsp3) is 0.182. The minimum Gasteiger partial charge on any atom is -0.265 e. The van der Waals surface area contributed by atoms with E-state index in [0.717, 1.165) is 17.2 Å². The number of benzene rings is 1. The largest absolute Gasteiger partial charge is 0.265 e. The average molecular weight is 272 g/mol. The summed E-state index contributed by atoms with van der Waals surface area (Å²) in [6.07, 6.45) is 0.995. The van der Waals surface area contributed by atoms with E-state index in [9.17, 15) is 8.42 Å². The molecular formula is C11H10ClNO3S. The molecule has 0 amide bonds. The summed E-state index contributed by atoms with van der Waals surface area (Å²) < 4.78 is 26.5. The number of hydrogen-bond donors (Lipinski definition) is 0. The standard InChI is InChI=1S/C11H10ClNO3S/c1-17(14,15)16-7-9-6-8-4-2-3-5-10(8)13-11(9)12/h2-6H,7H2,1H3. The lowest BCUT2D eigenvalue weighted by atomic mass is 10.2. The Bertz CT molecular complexity index is 655. The zero-order chi connectivity index (χ0) is 12.5. The fourth-order valence-corrected chi connectivity index (χ4v) is 1.95. The van der Waals surface area contributed by atoms with Gasteiger partial charge in [0, 0.05) is 10.9 Å². The highest BCUT2D eigenvalue weighted by molar-refractivity contribution is 7.85. The first kappa shape index (κ1) is 12.3. The van der Waals surface area contributed by atoms with Crippen LogP contribution in [0.3, 0.4) is 0 Å². The van der Waals surface area contributed by atoms with Gasteiger partial charge in [0.15, 0.2) is 0 Å². The molecule has 0 atom stereocenters. The Kier molecular flexibility index (Phi) is 3.33. The molecule has 0 aliphatic heterocycles. The zero-order valence-corrected chi connectivity index (χ0v) is 10.6. The zero-order valence-electron chi connectivity index (χ0n) is 9.05. The summed E-state index contributed by atoms with van der Waals surface area (Å²) in [5, 5.41) is 1.15. The summed E-state index contributed by atoms with van der Waals surface area (Å²) in [6, 6.07) is 9.22. The number of rotatable bonds is 3. The third kappa shape index (κ3) is 3.15. The molecule has 0 saturated heterocycles. The smallest absolute Gasteiger partial charge is 0.264 e. The van der Waals surface area contributed by atoms with E-state index in [1.165, 1.54) is 0 Å².